The molecular weight excluding hydrogens is 186 g/mol. The fourth-order valence-corrected chi connectivity index (χ4v) is 6.80. The van der Waals surface area contributed by atoms with Crippen molar-refractivity contribution >= 4 is 19.7 Å². The molecule has 12 heavy (non-hydrogen) atoms. The van der Waals surface area contributed by atoms with Crippen LogP contribution < -0.4 is 0 Å². The Labute approximate surface area is 81.7 Å². The minimum absolute atomic E-state index is 0.578. The van der Waals surface area contributed by atoms with Crippen LogP contribution in [0.25, 0.3) is 0 Å². The zero-order chi connectivity index (χ0) is 9.83. The molecule has 0 fully saturated rings. The summed E-state index contributed by atoms with van der Waals surface area (Å²) < 4.78 is -0.578. The van der Waals surface area contributed by atoms with E-state index in [0.717, 1.165) is 18.1 Å². The van der Waals surface area contributed by atoms with Gasteiger partial charge in [-0.25, -0.2) is 0 Å². The second kappa shape index (κ2) is 4.29. The van der Waals surface area contributed by atoms with Crippen LogP contribution in [0.15, 0.2) is 0 Å². The van der Waals surface area contributed by atoms with Crippen molar-refractivity contribution in [2.45, 2.75) is 50.3 Å². The predicted molar refractivity (Wildman–Crippen MR) is 57.1 cm³/mol. The van der Waals surface area contributed by atoms with Gasteiger partial charge in [0.2, 0.25) is 0 Å². The monoisotopic (exact) mass is 203 g/mol. The van der Waals surface area contributed by atoms with Crippen LogP contribution in [0.1, 0.15) is 27.7 Å². The first-order valence-electron chi connectivity index (χ1n) is 4.59. The molecule has 0 saturated carbocycles. The summed E-state index contributed by atoms with van der Waals surface area (Å²) in [4.78, 5) is 0. The maximum Gasteiger partial charge on any atom is 0.118 e. The Kier molecular flexibility index (Phi) is 4.29. The Bertz CT molecular complexity index is 171. The third-order valence-corrected chi connectivity index (χ3v) is 10.7. The number of halogens is 1. The zero-order valence-corrected chi connectivity index (χ0v) is 10.2. The van der Waals surface area contributed by atoms with Gasteiger partial charge in [-0.15, -0.1) is 11.6 Å². The van der Waals surface area contributed by atoms with Gasteiger partial charge >= 0.3 is 0 Å². The second-order valence-electron chi connectivity index (χ2n) is 3.46. The molecular formula is C9H18ClNSi. The number of nitriles is 1. The van der Waals surface area contributed by atoms with Gasteiger partial charge in [-0.2, -0.15) is 5.26 Å². The van der Waals surface area contributed by atoms with Crippen LogP contribution in [0.2, 0.25) is 18.1 Å². The van der Waals surface area contributed by atoms with E-state index in [1.807, 2.05) is 6.92 Å². The summed E-state index contributed by atoms with van der Waals surface area (Å²) >= 11 is 6.24. The van der Waals surface area contributed by atoms with Gasteiger partial charge < -0.3 is 0 Å². The van der Waals surface area contributed by atoms with Gasteiger partial charge in [0.25, 0.3) is 0 Å². The van der Waals surface area contributed by atoms with Crippen LogP contribution in [0.3, 0.4) is 0 Å². The van der Waals surface area contributed by atoms with Gasteiger partial charge in [0.15, 0.2) is 0 Å². The molecule has 0 aliphatic heterocycles. The standard InChI is InChI=1S/C9H18ClNSi/c1-5-12(6-2,7-3)9(4,10)8-11/h5-7H2,1-4H3. The topological polar surface area (TPSA) is 23.8 Å². The lowest BCUT2D eigenvalue weighted by atomic mass is 10.5. The summed E-state index contributed by atoms with van der Waals surface area (Å²) in [7, 11) is -1.54. The molecule has 70 valence electrons. The summed E-state index contributed by atoms with van der Waals surface area (Å²) in [5.41, 5.74) is 0. The van der Waals surface area contributed by atoms with Crippen LogP contribution in [-0.4, -0.2) is 12.6 Å². The highest BCUT2D eigenvalue weighted by Crippen LogP contribution is 2.36. The Balaban J connectivity index is 4.85. The first-order valence-corrected chi connectivity index (χ1v) is 7.59. The summed E-state index contributed by atoms with van der Waals surface area (Å²) in [5.74, 6) is 0. The van der Waals surface area contributed by atoms with Crippen molar-refractivity contribution in [1.29, 1.82) is 5.26 Å². The Morgan fingerprint density at radius 1 is 1.25 bits per heavy atom. The summed E-state index contributed by atoms with van der Waals surface area (Å²) in [6.45, 7) is 8.38. The van der Waals surface area contributed by atoms with Crippen molar-refractivity contribution in [2.24, 2.45) is 0 Å². The van der Waals surface area contributed by atoms with Crippen LogP contribution >= 0.6 is 11.6 Å². The van der Waals surface area contributed by atoms with Crippen LogP contribution in [0.5, 0.6) is 0 Å². The van der Waals surface area contributed by atoms with Gasteiger partial charge in [0.1, 0.15) is 4.50 Å². The Morgan fingerprint density at radius 2 is 1.58 bits per heavy atom. The maximum absolute atomic E-state index is 8.98. The summed E-state index contributed by atoms with van der Waals surface area (Å²) in [6.07, 6.45) is 0. The molecule has 0 amide bonds. The van der Waals surface area contributed by atoms with Gasteiger partial charge in [-0.3, -0.25) is 0 Å². The molecule has 0 radical (unpaired) electrons. The van der Waals surface area contributed by atoms with Crippen molar-refractivity contribution in [3.63, 3.8) is 0 Å². The van der Waals surface area contributed by atoms with E-state index in [2.05, 4.69) is 26.8 Å². The van der Waals surface area contributed by atoms with E-state index in [1.54, 1.807) is 0 Å². The van der Waals surface area contributed by atoms with E-state index < -0.39 is 12.6 Å². The Morgan fingerprint density at radius 3 is 1.67 bits per heavy atom. The van der Waals surface area contributed by atoms with Crippen molar-refractivity contribution < 1.29 is 0 Å². The number of rotatable bonds is 4. The summed E-state index contributed by atoms with van der Waals surface area (Å²) in [5, 5.41) is 8.98. The van der Waals surface area contributed by atoms with Gasteiger partial charge in [0.05, 0.1) is 14.1 Å². The molecule has 0 heterocycles. The maximum atomic E-state index is 8.98. The fraction of sp³-hybridized carbons (Fsp3) is 0.889. The van der Waals surface area contributed by atoms with Crippen LogP contribution in [0, 0.1) is 11.3 Å². The molecule has 0 aromatic heterocycles. The fourth-order valence-electron chi connectivity index (χ4n) is 1.86. The molecule has 3 heteroatoms. The first kappa shape index (κ1) is 12.0. The highest BCUT2D eigenvalue weighted by molar-refractivity contribution is 6.89. The highest BCUT2D eigenvalue weighted by atomic mass is 35.5. The van der Waals surface area contributed by atoms with E-state index in [0.29, 0.717) is 0 Å². The molecule has 0 aliphatic rings. The van der Waals surface area contributed by atoms with E-state index >= 15 is 0 Å². The van der Waals surface area contributed by atoms with Crippen LogP contribution in [-0.2, 0) is 0 Å². The molecule has 0 N–H and O–H groups in total. The molecule has 1 unspecified atom stereocenters. The van der Waals surface area contributed by atoms with Gasteiger partial charge in [0, 0.05) is 0 Å². The summed E-state index contributed by atoms with van der Waals surface area (Å²) in [6, 6.07) is 5.58. The third kappa shape index (κ3) is 1.84. The zero-order valence-electron chi connectivity index (χ0n) is 8.45. The van der Waals surface area contributed by atoms with E-state index in [1.165, 1.54) is 0 Å². The molecule has 1 nitrogen and oxygen atoms in total. The van der Waals surface area contributed by atoms with E-state index in [9.17, 15) is 0 Å². The number of hydrogen-bond donors (Lipinski definition) is 0. The molecule has 0 aliphatic carbocycles. The molecule has 1 atom stereocenters. The Hall–Kier alpha value is -0.00312. The first-order chi connectivity index (χ1) is 5.49. The predicted octanol–water partition coefficient (Wildman–Crippen LogP) is 3.56. The van der Waals surface area contributed by atoms with Crippen LogP contribution in [0.4, 0.5) is 0 Å². The molecule has 0 spiro atoms. The molecule has 0 aromatic carbocycles. The minimum Gasteiger partial charge on any atom is -0.197 e. The van der Waals surface area contributed by atoms with E-state index in [-0.39, 0.29) is 0 Å². The lowest BCUT2D eigenvalue weighted by Gasteiger charge is -2.36. The highest BCUT2D eigenvalue weighted by Gasteiger charge is 2.45. The van der Waals surface area contributed by atoms with Crippen molar-refractivity contribution in [1.82, 2.24) is 0 Å². The van der Waals surface area contributed by atoms with Crippen molar-refractivity contribution in [3.8, 4) is 6.07 Å². The molecule has 0 aromatic rings. The smallest absolute Gasteiger partial charge is 0.118 e. The number of hydrogen-bond acceptors (Lipinski definition) is 1. The lowest BCUT2D eigenvalue weighted by molar-refractivity contribution is 0.970. The quantitative estimate of drug-likeness (QED) is 0.507. The number of alkyl halides is 1. The SMILES string of the molecule is CC[Si](CC)(CC)C(C)(Cl)C#N. The van der Waals surface area contributed by atoms with Crippen molar-refractivity contribution in [2.75, 3.05) is 0 Å². The average molecular weight is 204 g/mol. The van der Waals surface area contributed by atoms with E-state index in [4.69, 9.17) is 16.9 Å². The average Bonchev–Trinajstić information content (AvgIpc) is 2.08. The normalized spacial score (nSPS) is 16.7. The van der Waals surface area contributed by atoms with Gasteiger partial charge in [-0.05, 0) is 6.92 Å². The van der Waals surface area contributed by atoms with Gasteiger partial charge in [-0.1, -0.05) is 38.9 Å². The number of nitrogens with zero attached hydrogens (tertiary/aromatic N) is 1. The minimum atomic E-state index is -1.54. The molecule has 0 saturated heterocycles. The second-order valence-corrected chi connectivity index (χ2v) is 10.2. The largest absolute Gasteiger partial charge is 0.197 e. The molecule has 0 rings (SSSR count). The molecule has 0 bridgehead atoms. The lowest BCUT2D eigenvalue weighted by Crippen LogP contribution is -2.50. The van der Waals surface area contributed by atoms with Crippen molar-refractivity contribution in [3.05, 3.63) is 0 Å². The third-order valence-electron chi connectivity index (χ3n) is 3.24.